The van der Waals surface area contributed by atoms with E-state index in [-0.39, 0.29) is 4.90 Å². The largest absolute Gasteiger partial charge is 0.455 e. The average Bonchev–Trinajstić information content (AvgIpc) is 2.68. The van der Waals surface area contributed by atoms with Crippen LogP contribution < -0.4 is 10.0 Å². The number of carbonyl (C=O) groups is 2. The van der Waals surface area contributed by atoms with Crippen LogP contribution in [0.1, 0.15) is 11.1 Å². The lowest BCUT2D eigenvalue weighted by atomic mass is 10.1. The molecular formula is C18H18FN3O7S. The summed E-state index contributed by atoms with van der Waals surface area (Å²) in [6.07, 6.45) is 0. The first-order valence-electron chi connectivity index (χ1n) is 8.46. The molecule has 12 heteroatoms. The van der Waals surface area contributed by atoms with Gasteiger partial charge in [-0.25, -0.2) is 12.8 Å². The van der Waals surface area contributed by atoms with Crippen LogP contribution in [-0.4, -0.2) is 38.4 Å². The van der Waals surface area contributed by atoms with E-state index >= 15 is 0 Å². The number of nitrogens with one attached hydrogen (secondary N) is 2. The Labute approximate surface area is 171 Å². The van der Waals surface area contributed by atoms with Crippen molar-refractivity contribution in [3.63, 3.8) is 0 Å². The summed E-state index contributed by atoms with van der Waals surface area (Å²) in [5.74, 6) is -2.92. The van der Waals surface area contributed by atoms with Crippen molar-refractivity contribution in [2.75, 3.05) is 18.5 Å². The van der Waals surface area contributed by atoms with E-state index < -0.39 is 57.2 Å². The Balaban J connectivity index is 1.88. The van der Waals surface area contributed by atoms with Crippen LogP contribution in [0.2, 0.25) is 0 Å². The van der Waals surface area contributed by atoms with E-state index in [1.165, 1.54) is 12.1 Å². The Morgan fingerprint density at radius 3 is 2.47 bits per heavy atom. The summed E-state index contributed by atoms with van der Waals surface area (Å²) in [4.78, 5) is 33.4. The van der Waals surface area contributed by atoms with E-state index in [0.717, 1.165) is 29.3 Å². The van der Waals surface area contributed by atoms with Crippen molar-refractivity contribution < 1.29 is 32.1 Å². The number of benzene rings is 2. The monoisotopic (exact) mass is 439 g/mol. The van der Waals surface area contributed by atoms with Gasteiger partial charge in [0.25, 0.3) is 11.6 Å². The molecule has 0 aliphatic rings. The van der Waals surface area contributed by atoms with Gasteiger partial charge in [-0.1, -0.05) is 6.07 Å². The van der Waals surface area contributed by atoms with Crippen molar-refractivity contribution in [3.05, 3.63) is 63.5 Å². The predicted octanol–water partition coefficient (Wildman–Crippen LogP) is 1.81. The van der Waals surface area contributed by atoms with Crippen LogP contribution in [-0.2, 0) is 24.3 Å². The zero-order valence-corrected chi connectivity index (χ0v) is 16.8. The lowest BCUT2D eigenvalue weighted by molar-refractivity contribution is -0.384. The zero-order valence-electron chi connectivity index (χ0n) is 16.0. The third-order valence-corrected chi connectivity index (χ3v) is 5.39. The van der Waals surface area contributed by atoms with Gasteiger partial charge < -0.3 is 10.1 Å². The van der Waals surface area contributed by atoms with E-state index in [9.17, 15) is 32.5 Å². The maximum absolute atomic E-state index is 13.6. The third kappa shape index (κ3) is 6.06. The third-order valence-electron chi connectivity index (χ3n) is 3.99. The molecule has 0 bridgehead atoms. The number of halogens is 1. The van der Waals surface area contributed by atoms with Crippen molar-refractivity contribution in [3.8, 4) is 0 Å². The van der Waals surface area contributed by atoms with Crippen molar-refractivity contribution in [2.24, 2.45) is 0 Å². The molecule has 0 saturated heterocycles. The number of sulfonamides is 1. The molecule has 0 spiro atoms. The second-order valence-corrected chi connectivity index (χ2v) is 7.97. The molecule has 0 aromatic heterocycles. The number of hydrogen-bond donors (Lipinski definition) is 2. The molecule has 0 unspecified atom stereocenters. The average molecular weight is 439 g/mol. The lowest BCUT2D eigenvalue weighted by Crippen LogP contribution is -2.32. The predicted molar refractivity (Wildman–Crippen MR) is 104 cm³/mol. The summed E-state index contributed by atoms with van der Waals surface area (Å²) in [5.41, 5.74) is 0.759. The number of amides is 1. The fraction of sp³-hybridized carbons (Fsp3) is 0.222. The van der Waals surface area contributed by atoms with E-state index in [1.807, 2.05) is 12.2 Å². The van der Waals surface area contributed by atoms with Crippen molar-refractivity contribution in [1.29, 1.82) is 0 Å². The number of ether oxygens (including phenoxy) is 1. The van der Waals surface area contributed by atoms with Crippen LogP contribution in [0.15, 0.2) is 41.3 Å². The Morgan fingerprint density at radius 2 is 1.83 bits per heavy atom. The van der Waals surface area contributed by atoms with Crippen molar-refractivity contribution >= 4 is 33.3 Å². The zero-order chi connectivity index (χ0) is 22.5. The first kappa shape index (κ1) is 22.9. The number of carbonyl (C=O) groups excluding carboxylic acids is 2. The van der Waals surface area contributed by atoms with Gasteiger partial charge in [0.15, 0.2) is 6.61 Å². The molecule has 0 aliphatic heterocycles. The molecule has 2 aromatic carbocycles. The van der Waals surface area contributed by atoms with E-state index in [0.29, 0.717) is 0 Å². The molecule has 2 aromatic rings. The summed E-state index contributed by atoms with van der Waals surface area (Å²) in [6.45, 7) is 1.99. The van der Waals surface area contributed by atoms with Gasteiger partial charge in [0.1, 0.15) is 12.4 Å². The number of anilines is 1. The molecule has 2 N–H and O–H groups in total. The maximum Gasteiger partial charge on any atom is 0.321 e. The first-order chi connectivity index (χ1) is 14.0. The number of rotatable bonds is 8. The normalized spacial score (nSPS) is 11.0. The highest BCUT2D eigenvalue weighted by Gasteiger charge is 2.18. The molecule has 0 fully saturated rings. The molecule has 0 atom stereocenters. The minimum absolute atomic E-state index is 0.0303. The van der Waals surface area contributed by atoms with Gasteiger partial charge in [-0.05, 0) is 43.2 Å². The maximum atomic E-state index is 13.6. The van der Waals surface area contributed by atoms with Gasteiger partial charge in [-0.3, -0.25) is 19.7 Å². The number of esters is 1. The standard InChI is InChI=1S/C18H18FN3O7S/c1-11-3-5-14(7-12(11)2)30(27,28)20-9-18(24)29-10-17(23)21-16-8-13(22(25)26)4-6-15(16)19/h3-8,20H,9-10H2,1-2H3,(H,21,23). The highest BCUT2D eigenvalue weighted by molar-refractivity contribution is 7.89. The summed E-state index contributed by atoms with van der Waals surface area (Å²) in [6, 6.07) is 7.00. The lowest BCUT2D eigenvalue weighted by Gasteiger charge is -2.09. The molecule has 1 amide bonds. The van der Waals surface area contributed by atoms with E-state index in [4.69, 9.17) is 0 Å². The van der Waals surface area contributed by atoms with Crippen LogP contribution in [0.3, 0.4) is 0 Å². The minimum Gasteiger partial charge on any atom is -0.455 e. The van der Waals surface area contributed by atoms with Crippen molar-refractivity contribution in [2.45, 2.75) is 18.7 Å². The summed E-state index contributed by atoms with van der Waals surface area (Å²) in [5, 5.41) is 12.7. The fourth-order valence-electron chi connectivity index (χ4n) is 2.22. The smallest absolute Gasteiger partial charge is 0.321 e. The van der Waals surface area contributed by atoms with Gasteiger partial charge in [0.05, 0.1) is 15.5 Å². The molecular weight excluding hydrogens is 421 g/mol. The number of non-ortho nitro benzene ring substituents is 1. The molecule has 0 aliphatic carbocycles. The molecule has 0 heterocycles. The van der Waals surface area contributed by atoms with E-state index in [2.05, 4.69) is 9.46 Å². The second kappa shape index (κ2) is 9.41. The minimum atomic E-state index is -3.97. The number of hydrogen-bond acceptors (Lipinski definition) is 7. The second-order valence-electron chi connectivity index (χ2n) is 6.20. The van der Waals surface area contributed by atoms with Gasteiger partial charge >= 0.3 is 5.97 Å². The van der Waals surface area contributed by atoms with Gasteiger partial charge in [-0.2, -0.15) is 4.72 Å². The summed E-state index contributed by atoms with van der Waals surface area (Å²) in [7, 11) is -3.97. The molecule has 10 nitrogen and oxygen atoms in total. The molecule has 2 rings (SSSR count). The number of nitrogens with zero attached hydrogens (tertiary/aromatic N) is 1. The molecule has 0 saturated carbocycles. The van der Waals surface area contributed by atoms with Crippen molar-refractivity contribution in [1.82, 2.24) is 4.72 Å². The van der Waals surface area contributed by atoms with Crippen LogP contribution in [0.4, 0.5) is 15.8 Å². The van der Waals surface area contributed by atoms with Gasteiger partial charge in [-0.15, -0.1) is 0 Å². The quantitative estimate of drug-likeness (QED) is 0.362. The Bertz CT molecular complexity index is 1100. The number of aryl methyl sites for hydroxylation is 2. The Morgan fingerprint density at radius 1 is 1.13 bits per heavy atom. The fourth-order valence-corrected chi connectivity index (χ4v) is 3.28. The van der Waals surface area contributed by atoms with Crippen LogP contribution in [0.25, 0.3) is 0 Å². The molecule has 0 radical (unpaired) electrons. The number of nitro groups is 1. The van der Waals surface area contributed by atoms with Crippen LogP contribution in [0, 0.1) is 29.8 Å². The highest BCUT2D eigenvalue weighted by atomic mass is 32.2. The summed E-state index contributed by atoms with van der Waals surface area (Å²) >= 11 is 0. The summed E-state index contributed by atoms with van der Waals surface area (Å²) < 4.78 is 44.7. The number of nitro benzene ring substituents is 1. The molecule has 30 heavy (non-hydrogen) atoms. The van der Waals surface area contributed by atoms with Gasteiger partial charge in [0, 0.05) is 12.1 Å². The SMILES string of the molecule is Cc1ccc(S(=O)(=O)NCC(=O)OCC(=O)Nc2cc([N+](=O)[O-])ccc2F)cc1C. The van der Waals surface area contributed by atoms with Crippen LogP contribution in [0.5, 0.6) is 0 Å². The molecule has 160 valence electrons. The van der Waals surface area contributed by atoms with Gasteiger partial charge in [0.2, 0.25) is 10.0 Å². The first-order valence-corrected chi connectivity index (χ1v) is 9.94. The Kier molecular flexibility index (Phi) is 7.19. The van der Waals surface area contributed by atoms with Crippen LogP contribution >= 0.6 is 0 Å². The highest BCUT2D eigenvalue weighted by Crippen LogP contribution is 2.21. The van der Waals surface area contributed by atoms with E-state index in [1.54, 1.807) is 13.0 Å². The topological polar surface area (TPSA) is 145 Å². The Hall–Kier alpha value is -3.38.